The Labute approximate surface area is 208 Å². The molecule has 0 fully saturated rings. The van der Waals surface area contributed by atoms with Gasteiger partial charge >= 0.3 is 0 Å². The van der Waals surface area contributed by atoms with E-state index in [9.17, 15) is 4.91 Å². The molecule has 1 aliphatic rings. The van der Waals surface area contributed by atoms with Crippen LogP contribution in [0.5, 0.6) is 0 Å². The summed E-state index contributed by atoms with van der Waals surface area (Å²) in [5, 5.41) is 3.09. The van der Waals surface area contributed by atoms with Gasteiger partial charge in [-0.3, -0.25) is 0 Å². The fraction of sp³-hybridized carbons (Fsp3) is 0.452. The summed E-state index contributed by atoms with van der Waals surface area (Å²) in [6.07, 6.45) is 25.0. The zero-order valence-corrected chi connectivity index (χ0v) is 21.9. The van der Waals surface area contributed by atoms with Crippen molar-refractivity contribution in [3.05, 3.63) is 106 Å². The smallest absolute Gasteiger partial charge is 0.0986 e. The minimum Gasteiger partial charge on any atom is -0.370 e. The van der Waals surface area contributed by atoms with Gasteiger partial charge in [-0.2, -0.15) is 4.91 Å². The summed E-state index contributed by atoms with van der Waals surface area (Å²) in [6, 6.07) is 0. The fourth-order valence-electron chi connectivity index (χ4n) is 3.95. The summed E-state index contributed by atoms with van der Waals surface area (Å²) in [6.45, 7) is 18.5. The third kappa shape index (κ3) is 11.3. The highest BCUT2D eigenvalue weighted by atomic mass is 16.3. The van der Waals surface area contributed by atoms with Crippen molar-refractivity contribution in [3.8, 4) is 0 Å². The molecular formula is C31H44N2O. The Morgan fingerprint density at radius 1 is 1.21 bits per heavy atom. The van der Waals surface area contributed by atoms with E-state index < -0.39 is 0 Å². The number of hydrogen-bond acceptors (Lipinski definition) is 3. The second kappa shape index (κ2) is 17.6. The number of nitrogens with zero attached hydrogens (tertiary/aromatic N) is 2. The maximum Gasteiger partial charge on any atom is 0.0986 e. The Kier molecular flexibility index (Phi) is 15.0. The molecule has 0 spiro atoms. The summed E-state index contributed by atoms with van der Waals surface area (Å²) in [7, 11) is 0. The van der Waals surface area contributed by atoms with Crippen LogP contribution in [0.15, 0.2) is 107 Å². The lowest BCUT2D eigenvalue weighted by molar-refractivity contribution is 0.356. The van der Waals surface area contributed by atoms with Crippen LogP contribution in [-0.2, 0) is 0 Å². The Morgan fingerprint density at radius 2 is 2.00 bits per heavy atom. The Hall–Kier alpha value is -2.90. The van der Waals surface area contributed by atoms with Gasteiger partial charge in [0.1, 0.15) is 0 Å². The molecule has 1 atom stereocenters. The quantitative estimate of drug-likeness (QED) is 0.131. The molecule has 0 aromatic heterocycles. The maximum atomic E-state index is 10.8. The van der Waals surface area contributed by atoms with Crippen LogP contribution in [0.2, 0.25) is 0 Å². The van der Waals surface area contributed by atoms with Gasteiger partial charge in [-0.05, 0) is 80.7 Å². The molecule has 0 saturated heterocycles. The molecule has 3 heteroatoms. The van der Waals surface area contributed by atoms with Crippen LogP contribution in [0.4, 0.5) is 0 Å². The van der Waals surface area contributed by atoms with Gasteiger partial charge in [-0.1, -0.05) is 86.7 Å². The molecule has 1 unspecified atom stereocenters. The lowest BCUT2D eigenvalue weighted by atomic mass is 9.92. The molecule has 0 radical (unpaired) electrons. The highest BCUT2D eigenvalue weighted by Gasteiger charge is 2.09. The van der Waals surface area contributed by atoms with E-state index in [0.717, 1.165) is 50.8 Å². The standard InChI is InChI=1S/C31H44N2O/c1-7-14-29(9-3)25-27(6)30(10-4)20-18-26(5)15-13-23-33(24-22-32-34)31-17-12-11-16-28(8-2)19-21-31/h9-11,14,17-21,27H,3-4,7-8,12-13,15,22-25H2,1-2,5-6H3/b21-19?,26-18+,29-14+,30-20+,31-17?. The molecule has 1 aliphatic carbocycles. The molecule has 0 aromatic rings. The summed E-state index contributed by atoms with van der Waals surface area (Å²) in [5.41, 5.74) is 9.58. The van der Waals surface area contributed by atoms with Crippen molar-refractivity contribution in [2.45, 2.75) is 66.2 Å². The number of rotatable bonds is 16. The predicted molar refractivity (Wildman–Crippen MR) is 150 cm³/mol. The summed E-state index contributed by atoms with van der Waals surface area (Å²) in [5.74, 6) is 0.401. The van der Waals surface area contributed by atoms with Crippen LogP contribution in [0, 0.1) is 10.8 Å². The van der Waals surface area contributed by atoms with Gasteiger partial charge in [-0.15, -0.1) is 5.73 Å². The molecule has 0 aliphatic heterocycles. The molecule has 184 valence electrons. The zero-order chi connectivity index (χ0) is 25.2. The van der Waals surface area contributed by atoms with E-state index in [0.29, 0.717) is 19.0 Å². The molecule has 0 aromatic carbocycles. The molecule has 0 saturated carbocycles. The van der Waals surface area contributed by atoms with Gasteiger partial charge in [0.2, 0.25) is 0 Å². The first-order valence-corrected chi connectivity index (χ1v) is 12.7. The monoisotopic (exact) mass is 460 g/mol. The molecular weight excluding hydrogens is 416 g/mol. The van der Waals surface area contributed by atoms with Crippen molar-refractivity contribution in [1.82, 2.24) is 4.90 Å². The van der Waals surface area contributed by atoms with Gasteiger partial charge in [0, 0.05) is 18.8 Å². The van der Waals surface area contributed by atoms with Crippen molar-refractivity contribution in [3.63, 3.8) is 0 Å². The normalized spacial score (nSPS) is 15.7. The van der Waals surface area contributed by atoms with Crippen molar-refractivity contribution in [2.24, 2.45) is 11.1 Å². The number of allylic oxidation sites excluding steroid dienone is 12. The van der Waals surface area contributed by atoms with E-state index in [1.165, 1.54) is 22.3 Å². The van der Waals surface area contributed by atoms with Crippen molar-refractivity contribution in [1.29, 1.82) is 0 Å². The zero-order valence-electron chi connectivity index (χ0n) is 21.9. The highest BCUT2D eigenvalue weighted by Crippen LogP contribution is 2.22. The van der Waals surface area contributed by atoms with Gasteiger partial charge in [0.05, 0.1) is 6.54 Å². The van der Waals surface area contributed by atoms with E-state index in [4.69, 9.17) is 0 Å². The van der Waals surface area contributed by atoms with Crippen LogP contribution in [0.3, 0.4) is 0 Å². The molecule has 0 bridgehead atoms. The fourth-order valence-corrected chi connectivity index (χ4v) is 3.95. The molecule has 1 rings (SSSR count). The van der Waals surface area contributed by atoms with Gasteiger partial charge < -0.3 is 4.90 Å². The molecule has 3 nitrogen and oxygen atoms in total. The SMILES string of the molecule is C=C/C(=C\CC)CC(C)/C(C=C)=C/C=C(\C)CCCN(CCN=O)C1=CCC=C=C(CC)C=C1. The van der Waals surface area contributed by atoms with Crippen LogP contribution in [0.25, 0.3) is 0 Å². The topological polar surface area (TPSA) is 32.7 Å². The van der Waals surface area contributed by atoms with E-state index in [-0.39, 0.29) is 0 Å². The number of nitroso groups, excluding NO2 is 1. The minimum atomic E-state index is 0.300. The molecule has 0 amide bonds. The second-order valence-electron chi connectivity index (χ2n) is 8.75. The van der Waals surface area contributed by atoms with Crippen LogP contribution < -0.4 is 0 Å². The molecule has 0 N–H and O–H groups in total. The van der Waals surface area contributed by atoms with Crippen molar-refractivity contribution >= 4 is 0 Å². The first-order chi connectivity index (χ1) is 16.5. The van der Waals surface area contributed by atoms with Crippen LogP contribution in [0.1, 0.15) is 66.2 Å². The van der Waals surface area contributed by atoms with E-state index in [1.54, 1.807) is 0 Å². The average Bonchev–Trinajstić information content (AvgIpc) is 2.82. The van der Waals surface area contributed by atoms with Gasteiger partial charge in [0.15, 0.2) is 0 Å². The summed E-state index contributed by atoms with van der Waals surface area (Å²) >= 11 is 0. The lowest BCUT2D eigenvalue weighted by Crippen LogP contribution is -2.26. The van der Waals surface area contributed by atoms with E-state index >= 15 is 0 Å². The largest absolute Gasteiger partial charge is 0.370 e. The summed E-state index contributed by atoms with van der Waals surface area (Å²) in [4.78, 5) is 13.1. The summed E-state index contributed by atoms with van der Waals surface area (Å²) < 4.78 is 0. The molecule has 0 heterocycles. The minimum absolute atomic E-state index is 0.300. The van der Waals surface area contributed by atoms with E-state index in [1.807, 2.05) is 12.2 Å². The van der Waals surface area contributed by atoms with Gasteiger partial charge in [-0.25, -0.2) is 0 Å². The van der Waals surface area contributed by atoms with E-state index in [2.05, 4.69) is 99.2 Å². The molecule has 34 heavy (non-hydrogen) atoms. The first kappa shape index (κ1) is 29.1. The second-order valence-corrected chi connectivity index (χ2v) is 8.75. The van der Waals surface area contributed by atoms with Crippen LogP contribution >= 0.6 is 0 Å². The Balaban J connectivity index is 2.77. The number of hydrogen-bond donors (Lipinski definition) is 0. The highest BCUT2D eigenvalue weighted by molar-refractivity contribution is 5.30. The average molecular weight is 461 g/mol. The Morgan fingerprint density at radius 3 is 2.65 bits per heavy atom. The van der Waals surface area contributed by atoms with Crippen molar-refractivity contribution in [2.75, 3.05) is 19.6 Å². The predicted octanol–water partition coefficient (Wildman–Crippen LogP) is 8.78. The third-order valence-electron chi connectivity index (χ3n) is 6.03. The van der Waals surface area contributed by atoms with Crippen LogP contribution in [-0.4, -0.2) is 24.5 Å². The van der Waals surface area contributed by atoms with Gasteiger partial charge in [0.25, 0.3) is 0 Å². The maximum absolute atomic E-state index is 10.8. The lowest BCUT2D eigenvalue weighted by Gasteiger charge is -2.25. The third-order valence-corrected chi connectivity index (χ3v) is 6.03. The Bertz CT molecular complexity index is 888. The first-order valence-electron chi connectivity index (χ1n) is 12.7. The van der Waals surface area contributed by atoms with Crippen molar-refractivity contribution < 1.29 is 0 Å².